The van der Waals surface area contributed by atoms with Gasteiger partial charge in [-0.1, -0.05) is 12.1 Å². The minimum Gasteiger partial charge on any atom is -0.497 e. The van der Waals surface area contributed by atoms with Gasteiger partial charge in [-0.15, -0.1) is 0 Å². The lowest BCUT2D eigenvalue weighted by molar-refractivity contribution is -0.111. The summed E-state index contributed by atoms with van der Waals surface area (Å²) in [5.74, 6) is 1.48. The molecule has 2 aliphatic rings. The van der Waals surface area contributed by atoms with Crippen molar-refractivity contribution >= 4 is 11.4 Å². The van der Waals surface area contributed by atoms with Gasteiger partial charge in [0.25, 0.3) is 0 Å². The number of nitrogens with zero attached hydrogens (tertiary/aromatic N) is 1. The molecule has 2 aliphatic carbocycles. The summed E-state index contributed by atoms with van der Waals surface area (Å²) in [5, 5.41) is 0. The molecule has 0 saturated heterocycles. The number of carbonyl (C=O) groups is 1. The summed E-state index contributed by atoms with van der Waals surface area (Å²) in [6, 6.07) is 6.18. The minimum atomic E-state index is 0.142. The Morgan fingerprint density at radius 1 is 1.30 bits per heavy atom. The Kier molecular flexibility index (Phi) is 4.37. The topological polar surface area (TPSA) is 29.5 Å². The molecule has 120 valence electrons. The summed E-state index contributed by atoms with van der Waals surface area (Å²) in [5.41, 5.74) is 4.62. The molecule has 0 aromatic heterocycles. The zero-order chi connectivity index (χ0) is 16.4. The SMILES string of the molecule is COc1ccc2c(c1)CCC1CC(=CC=CN(C)C)C(=O)C=C21. The number of hydrogen-bond donors (Lipinski definition) is 0. The van der Waals surface area contributed by atoms with Crippen molar-refractivity contribution < 1.29 is 9.53 Å². The van der Waals surface area contributed by atoms with Crippen LogP contribution < -0.4 is 4.74 Å². The van der Waals surface area contributed by atoms with Gasteiger partial charge in [-0.3, -0.25) is 4.79 Å². The van der Waals surface area contributed by atoms with Gasteiger partial charge in [0.15, 0.2) is 5.78 Å². The van der Waals surface area contributed by atoms with Gasteiger partial charge in [-0.25, -0.2) is 0 Å². The second-order valence-electron chi connectivity index (χ2n) is 6.42. The third-order valence-corrected chi connectivity index (χ3v) is 4.58. The molecule has 1 aromatic carbocycles. The minimum absolute atomic E-state index is 0.142. The summed E-state index contributed by atoms with van der Waals surface area (Å²) in [7, 11) is 5.64. The first-order chi connectivity index (χ1) is 11.1. The van der Waals surface area contributed by atoms with Gasteiger partial charge in [0.2, 0.25) is 0 Å². The molecule has 0 aliphatic heterocycles. The normalized spacial score (nSPS) is 21.9. The Labute approximate surface area is 137 Å². The molecule has 0 heterocycles. The van der Waals surface area contributed by atoms with Crippen LogP contribution in [0.1, 0.15) is 24.0 Å². The maximum Gasteiger partial charge on any atom is 0.182 e. The Morgan fingerprint density at radius 3 is 2.87 bits per heavy atom. The van der Waals surface area contributed by atoms with Crippen molar-refractivity contribution in [3.05, 3.63) is 59.3 Å². The summed E-state index contributed by atoms with van der Waals surface area (Å²) < 4.78 is 5.31. The monoisotopic (exact) mass is 309 g/mol. The molecule has 0 fully saturated rings. The fourth-order valence-corrected chi connectivity index (χ4v) is 3.38. The lowest BCUT2D eigenvalue weighted by atomic mass is 9.72. The van der Waals surface area contributed by atoms with Gasteiger partial charge in [-0.05, 0) is 72.4 Å². The number of rotatable bonds is 3. The average Bonchev–Trinajstić information content (AvgIpc) is 2.54. The van der Waals surface area contributed by atoms with E-state index >= 15 is 0 Å². The van der Waals surface area contributed by atoms with E-state index in [9.17, 15) is 4.79 Å². The summed E-state index contributed by atoms with van der Waals surface area (Å²) in [6.45, 7) is 0. The van der Waals surface area contributed by atoms with Crippen LogP contribution in [0.5, 0.6) is 5.75 Å². The number of benzene rings is 1. The van der Waals surface area contributed by atoms with E-state index in [0.717, 1.165) is 30.6 Å². The van der Waals surface area contributed by atoms with E-state index in [-0.39, 0.29) is 5.78 Å². The maximum atomic E-state index is 12.4. The van der Waals surface area contributed by atoms with E-state index in [1.54, 1.807) is 7.11 Å². The highest BCUT2D eigenvalue weighted by molar-refractivity contribution is 6.10. The van der Waals surface area contributed by atoms with Gasteiger partial charge >= 0.3 is 0 Å². The van der Waals surface area contributed by atoms with E-state index in [0.29, 0.717) is 5.92 Å². The van der Waals surface area contributed by atoms with E-state index in [2.05, 4.69) is 12.1 Å². The quantitative estimate of drug-likeness (QED) is 0.799. The molecule has 1 atom stereocenters. The van der Waals surface area contributed by atoms with Crippen molar-refractivity contribution in [2.24, 2.45) is 5.92 Å². The number of allylic oxidation sites excluding steroid dienone is 5. The van der Waals surface area contributed by atoms with Crippen LogP contribution >= 0.6 is 0 Å². The lowest BCUT2D eigenvalue weighted by Crippen LogP contribution is -2.21. The molecule has 1 unspecified atom stereocenters. The maximum absolute atomic E-state index is 12.4. The number of ether oxygens (including phenoxy) is 1. The number of hydrogen-bond acceptors (Lipinski definition) is 3. The predicted octanol–water partition coefficient (Wildman–Crippen LogP) is 3.62. The fourth-order valence-electron chi connectivity index (χ4n) is 3.38. The third kappa shape index (κ3) is 3.24. The van der Waals surface area contributed by atoms with Crippen molar-refractivity contribution in [1.82, 2.24) is 4.90 Å². The standard InChI is InChI=1S/C20H23NO2/c1-21(2)10-4-5-16-11-14-6-7-15-12-17(23-3)8-9-18(15)19(14)13-20(16)22/h4-5,8-10,12-14H,6-7,11H2,1-3H3. The van der Waals surface area contributed by atoms with Crippen LogP contribution in [0, 0.1) is 5.92 Å². The molecular weight excluding hydrogens is 286 g/mol. The second kappa shape index (κ2) is 6.45. The number of methoxy groups -OCH3 is 1. The lowest BCUT2D eigenvalue weighted by Gasteiger charge is -2.31. The third-order valence-electron chi connectivity index (χ3n) is 4.58. The van der Waals surface area contributed by atoms with Crippen LogP contribution in [-0.4, -0.2) is 31.9 Å². The molecule has 0 saturated carbocycles. The second-order valence-corrected chi connectivity index (χ2v) is 6.42. The Balaban J connectivity index is 1.91. The smallest absolute Gasteiger partial charge is 0.182 e. The van der Waals surface area contributed by atoms with Gasteiger partial charge in [0.1, 0.15) is 5.75 Å². The number of fused-ring (bicyclic) bond motifs is 3. The fraction of sp³-hybridized carbons (Fsp3) is 0.350. The van der Waals surface area contributed by atoms with E-state index in [4.69, 9.17) is 4.74 Å². The van der Waals surface area contributed by atoms with Gasteiger partial charge in [-0.2, -0.15) is 0 Å². The molecule has 0 amide bonds. The van der Waals surface area contributed by atoms with Crippen LogP contribution in [-0.2, 0) is 11.2 Å². The zero-order valence-corrected chi connectivity index (χ0v) is 14.0. The summed E-state index contributed by atoms with van der Waals surface area (Å²) in [6.07, 6.45) is 10.7. The van der Waals surface area contributed by atoms with E-state index < -0.39 is 0 Å². The number of carbonyl (C=O) groups excluding carboxylic acids is 1. The first-order valence-electron chi connectivity index (χ1n) is 8.05. The average molecular weight is 309 g/mol. The van der Waals surface area contributed by atoms with E-state index in [1.165, 1.54) is 16.7 Å². The molecular formula is C20H23NO2. The van der Waals surface area contributed by atoms with Crippen LogP contribution in [0.15, 0.2) is 48.2 Å². The van der Waals surface area contributed by atoms with Gasteiger partial charge in [0, 0.05) is 19.7 Å². The number of aryl methyl sites for hydroxylation is 1. The van der Waals surface area contributed by atoms with Crippen molar-refractivity contribution in [1.29, 1.82) is 0 Å². The predicted molar refractivity (Wildman–Crippen MR) is 93.3 cm³/mol. The zero-order valence-electron chi connectivity index (χ0n) is 14.0. The van der Waals surface area contributed by atoms with Gasteiger partial charge < -0.3 is 9.64 Å². The van der Waals surface area contributed by atoms with Gasteiger partial charge in [0.05, 0.1) is 7.11 Å². The Hall–Kier alpha value is -2.29. The molecule has 0 radical (unpaired) electrons. The van der Waals surface area contributed by atoms with Crippen LogP contribution in [0.4, 0.5) is 0 Å². The molecule has 3 rings (SSSR count). The Morgan fingerprint density at radius 2 is 2.13 bits per heavy atom. The highest BCUT2D eigenvalue weighted by atomic mass is 16.5. The molecule has 0 bridgehead atoms. The van der Waals surface area contributed by atoms with Crippen LogP contribution in [0.2, 0.25) is 0 Å². The molecule has 0 N–H and O–H groups in total. The molecule has 3 heteroatoms. The van der Waals surface area contributed by atoms with Crippen molar-refractivity contribution in [2.75, 3.05) is 21.2 Å². The van der Waals surface area contributed by atoms with Crippen molar-refractivity contribution in [3.63, 3.8) is 0 Å². The molecule has 0 spiro atoms. The van der Waals surface area contributed by atoms with Crippen LogP contribution in [0.3, 0.4) is 0 Å². The largest absolute Gasteiger partial charge is 0.497 e. The highest BCUT2D eigenvalue weighted by Crippen LogP contribution is 2.42. The first-order valence-corrected chi connectivity index (χ1v) is 8.05. The summed E-state index contributed by atoms with van der Waals surface area (Å²) >= 11 is 0. The van der Waals surface area contributed by atoms with Crippen molar-refractivity contribution in [2.45, 2.75) is 19.3 Å². The highest BCUT2D eigenvalue weighted by Gasteiger charge is 2.30. The van der Waals surface area contributed by atoms with Crippen LogP contribution in [0.25, 0.3) is 5.57 Å². The van der Waals surface area contributed by atoms with E-state index in [1.807, 2.05) is 49.5 Å². The first kappa shape index (κ1) is 15.6. The Bertz CT molecular complexity index is 710. The summed E-state index contributed by atoms with van der Waals surface area (Å²) in [4.78, 5) is 14.4. The number of ketones is 1. The van der Waals surface area contributed by atoms with Crippen molar-refractivity contribution in [3.8, 4) is 5.75 Å². The molecule has 3 nitrogen and oxygen atoms in total. The molecule has 1 aromatic rings. The molecule has 23 heavy (non-hydrogen) atoms.